The fourth-order valence-corrected chi connectivity index (χ4v) is 1.67. The highest BCUT2D eigenvalue weighted by atomic mass is 35.5. The second kappa shape index (κ2) is 5.33. The van der Waals surface area contributed by atoms with Crippen molar-refractivity contribution >= 4 is 17.3 Å². The largest absolute Gasteiger partial charge is 0.381 e. The van der Waals surface area contributed by atoms with Gasteiger partial charge in [0.05, 0.1) is 0 Å². The van der Waals surface area contributed by atoms with Gasteiger partial charge >= 0.3 is 0 Å². The molecule has 0 unspecified atom stereocenters. The minimum absolute atomic E-state index is 0.446. The Kier molecular flexibility index (Phi) is 3.59. The SMILES string of the molecule is N#Cc1ncccc1CNc1cccc(Cl)c1. The Morgan fingerprint density at radius 1 is 1.29 bits per heavy atom. The summed E-state index contributed by atoms with van der Waals surface area (Å²) in [5.41, 5.74) is 2.24. The van der Waals surface area contributed by atoms with Crippen LogP contribution in [-0.4, -0.2) is 4.98 Å². The molecule has 1 aromatic carbocycles. The standard InChI is InChI=1S/C13H10ClN3/c14-11-4-1-5-12(7-11)17-9-10-3-2-6-16-13(10)8-15/h1-7,17H,9H2. The number of nitrogens with zero attached hydrogens (tertiary/aromatic N) is 2. The monoisotopic (exact) mass is 243 g/mol. The zero-order valence-electron chi connectivity index (χ0n) is 9.02. The van der Waals surface area contributed by atoms with E-state index < -0.39 is 0 Å². The first-order valence-electron chi connectivity index (χ1n) is 5.13. The fraction of sp³-hybridized carbons (Fsp3) is 0.0769. The average Bonchev–Trinajstić information content (AvgIpc) is 2.37. The Labute approximate surface area is 105 Å². The number of hydrogen-bond acceptors (Lipinski definition) is 3. The number of aromatic nitrogens is 1. The number of nitriles is 1. The van der Waals surface area contributed by atoms with E-state index in [0.717, 1.165) is 11.3 Å². The quantitative estimate of drug-likeness (QED) is 0.901. The van der Waals surface area contributed by atoms with E-state index >= 15 is 0 Å². The molecule has 0 aliphatic heterocycles. The third-order valence-electron chi connectivity index (χ3n) is 2.30. The molecule has 2 aromatic rings. The molecule has 3 nitrogen and oxygen atoms in total. The third kappa shape index (κ3) is 2.96. The van der Waals surface area contributed by atoms with E-state index in [2.05, 4.69) is 16.4 Å². The maximum absolute atomic E-state index is 8.90. The first-order chi connectivity index (χ1) is 8.29. The fourth-order valence-electron chi connectivity index (χ4n) is 1.48. The number of nitrogens with one attached hydrogen (secondary N) is 1. The molecule has 17 heavy (non-hydrogen) atoms. The van der Waals surface area contributed by atoms with E-state index in [1.54, 1.807) is 6.20 Å². The van der Waals surface area contributed by atoms with Crippen molar-refractivity contribution in [2.45, 2.75) is 6.54 Å². The van der Waals surface area contributed by atoms with Gasteiger partial charge in [-0.2, -0.15) is 5.26 Å². The Morgan fingerprint density at radius 3 is 2.94 bits per heavy atom. The molecule has 0 fully saturated rings. The third-order valence-corrected chi connectivity index (χ3v) is 2.54. The van der Waals surface area contributed by atoms with Gasteiger partial charge in [0.25, 0.3) is 0 Å². The predicted molar refractivity (Wildman–Crippen MR) is 67.7 cm³/mol. The van der Waals surface area contributed by atoms with Crippen molar-refractivity contribution in [3.05, 3.63) is 58.9 Å². The van der Waals surface area contributed by atoms with Crippen LogP contribution in [0.25, 0.3) is 0 Å². The van der Waals surface area contributed by atoms with E-state index in [9.17, 15) is 0 Å². The van der Waals surface area contributed by atoms with Crippen LogP contribution in [0.1, 0.15) is 11.3 Å². The van der Waals surface area contributed by atoms with Gasteiger partial charge < -0.3 is 5.32 Å². The van der Waals surface area contributed by atoms with Gasteiger partial charge in [-0.05, 0) is 24.3 Å². The summed E-state index contributed by atoms with van der Waals surface area (Å²) in [6.45, 7) is 0.553. The van der Waals surface area contributed by atoms with Crippen LogP contribution in [0, 0.1) is 11.3 Å². The minimum atomic E-state index is 0.446. The van der Waals surface area contributed by atoms with Crippen LogP contribution >= 0.6 is 11.6 Å². The van der Waals surface area contributed by atoms with Crippen molar-refractivity contribution in [1.82, 2.24) is 4.98 Å². The summed E-state index contributed by atoms with van der Waals surface area (Å²) in [5, 5.41) is 12.8. The molecule has 0 atom stereocenters. The van der Waals surface area contributed by atoms with E-state index in [4.69, 9.17) is 16.9 Å². The molecule has 0 spiro atoms. The Bertz CT molecular complexity index is 561. The summed E-state index contributed by atoms with van der Waals surface area (Å²) in [7, 11) is 0. The number of pyridine rings is 1. The van der Waals surface area contributed by atoms with Crippen LogP contribution in [-0.2, 0) is 6.54 Å². The first-order valence-corrected chi connectivity index (χ1v) is 5.51. The molecule has 2 rings (SSSR count). The smallest absolute Gasteiger partial charge is 0.145 e. The topological polar surface area (TPSA) is 48.7 Å². The van der Waals surface area contributed by atoms with Crippen LogP contribution in [0.5, 0.6) is 0 Å². The lowest BCUT2D eigenvalue weighted by Crippen LogP contribution is -2.02. The Balaban J connectivity index is 2.10. The molecule has 84 valence electrons. The Hall–Kier alpha value is -2.05. The van der Waals surface area contributed by atoms with Gasteiger partial charge in [-0.25, -0.2) is 4.98 Å². The van der Waals surface area contributed by atoms with Crippen LogP contribution in [0.4, 0.5) is 5.69 Å². The second-order valence-corrected chi connectivity index (χ2v) is 3.92. The molecule has 0 bridgehead atoms. The zero-order chi connectivity index (χ0) is 12.1. The molecular weight excluding hydrogens is 234 g/mol. The number of halogens is 1. The molecule has 1 N–H and O–H groups in total. The van der Waals surface area contributed by atoms with Crippen molar-refractivity contribution < 1.29 is 0 Å². The molecule has 0 radical (unpaired) electrons. The lowest BCUT2D eigenvalue weighted by Gasteiger charge is -2.07. The molecule has 1 aromatic heterocycles. The van der Waals surface area contributed by atoms with Gasteiger partial charge in [0.1, 0.15) is 11.8 Å². The van der Waals surface area contributed by atoms with Crippen molar-refractivity contribution in [1.29, 1.82) is 5.26 Å². The van der Waals surface area contributed by atoms with Crippen LogP contribution in [0.15, 0.2) is 42.6 Å². The zero-order valence-corrected chi connectivity index (χ0v) is 9.78. The number of anilines is 1. The van der Waals surface area contributed by atoms with E-state index in [0.29, 0.717) is 17.3 Å². The molecule has 1 heterocycles. The molecule has 0 saturated carbocycles. The number of rotatable bonds is 3. The van der Waals surface area contributed by atoms with Gasteiger partial charge in [-0.1, -0.05) is 23.7 Å². The molecule has 0 aliphatic carbocycles. The summed E-state index contributed by atoms with van der Waals surface area (Å²) < 4.78 is 0. The molecule has 4 heteroatoms. The summed E-state index contributed by atoms with van der Waals surface area (Å²) in [4.78, 5) is 4.00. The summed E-state index contributed by atoms with van der Waals surface area (Å²) in [6.07, 6.45) is 1.61. The van der Waals surface area contributed by atoms with Crippen molar-refractivity contribution in [2.75, 3.05) is 5.32 Å². The molecule has 0 amide bonds. The Morgan fingerprint density at radius 2 is 2.18 bits per heavy atom. The normalized spacial score (nSPS) is 9.65. The lowest BCUT2D eigenvalue weighted by molar-refractivity contribution is 1.09. The molecule has 0 aliphatic rings. The van der Waals surface area contributed by atoms with E-state index in [1.807, 2.05) is 36.4 Å². The highest BCUT2D eigenvalue weighted by Gasteiger charge is 2.01. The summed E-state index contributed by atoms with van der Waals surface area (Å²) in [6, 6.07) is 13.2. The van der Waals surface area contributed by atoms with E-state index in [-0.39, 0.29) is 0 Å². The van der Waals surface area contributed by atoms with E-state index in [1.165, 1.54) is 0 Å². The maximum atomic E-state index is 8.90. The summed E-state index contributed by atoms with van der Waals surface area (Å²) in [5.74, 6) is 0. The van der Waals surface area contributed by atoms with Crippen molar-refractivity contribution in [3.8, 4) is 6.07 Å². The number of benzene rings is 1. The highest BCUT2D eigenvalue weighted by molar-refractivity contribution is 6.30. The average molecular weight is 244 g/mol. The van der Waals surface area contributed by atoms with Gasteiger partial charge in [0, 0.05) is 29.0 Å². The number of hydrogen-bond donors (Lipinski definition) is 1. The highest BCUT2D eigenvalue weighted by Crippen LogP contribution is 2.16. The van der Waals surface area contributed by atoms with Crippen LogP contribution < -0.4 is 5.32 Å². The van der Waals surface area contributed by atoms with Gasteiger partial charge in [-0.15, -0.1) is 0 Å². The van der Waals surface area contributed by atoms with Crippen LogP contribution in [0.3, 0.4) is 0 Å². The molecular formula is C13H10ClN3. The van der Waals surface area contributed by atoms with Crippen molar-refractivity contribution in [3.63, 3.8) is 0 Å². The first kappa shape index (κ1) is 11.4. The summed E-state index contributed by atoms with van der Waals surface area (Å²) >= 11 is 5.88. The van der Waals surface area contributed by atoms with Crippen molar-refractivity contribution in [2.24, 2.45) is 0 Å². The second-order valence-electron chi connectivity index (χ2n) is 3.49. The molecule has 0 saturated heterocycles. The lowest BCUT2D eigenvalue weighted by atomic mass is 10.2. The minimum Gasteiger partial charge on any atom is -0.381 e. The maximum Gasteiger partial charge on any atom is 0.145 e. The van der Waals surface area contributed by atoms with Gasteiger partial charge in [0.2, 0.25) is 0 Å². The predicted octanol–water partition coefficient (Wildman–Crippen LogP) is 3.22. The van der Waals surface area contributed by atoms with Gasteiger partial charge in [0.15, 0.2) is 0 Å². The van der Waals surface area contributed by atoms with Gasteiger partial charge in [-0.3, -0.25) is 0 Å². The van der Waals surface area contributed by atoms with Crippen LogP contribution in [0.2, 0.25) is 5.02 Å².